The lowest BCUT2D eigenvalue weighted by atomic mass is 10.0. The van der Waals surface area contributed by atoms with Crippen molar-refractivity contribution in [3.8, 4) is 17.1 Å². The van der Waals surface area contributed by atoms with E-state index in [0.29, 0.717) is 12.4 Å². The Labute approximate surface area is 100 Å². The largest absolute Gasteiger partial charge is 0.479 e. The van der Waals surface area contributed by atoms with Crippen molar-refractivity contribution in [1.29, 1.82) is 0 Å². The summed E-state index contributed by atoms with van der Waals surface area (Å²) in [6.45, 7) is 2.54. The molecule has 0 bridgehead atoms. The second-order valence-electron chi connectivity index (χ2n) is 3.77. The third-order valence-corrected chi connectivity index (χ3v) is 2.65. The lowest BCUT2D eigenvalue weighted by Gasteiger charge is -2.10. The van der Waals surface area contributed by atoms with Crippen LogP contribution in [0.2, 0.25) is 0 Å². The van der Waals surface area contributed by atoms with Crippen molar-refractivity contribution in [2.45, 2.75) is 13.5 Å². The summed E-state index contributed by atoms with van der Waals surface area (Å²) >= 11 is 0. The van der Waals surface area contributed by atoms with Gasteiger partial charge in [-0.3, -0.25) is 0 Å². The van der Waals surface area contributed by atoms with Crippen LogP contribution in [-0.2, 0) is 6.54 Å². The number of nitrogens with two attached hydrogens (primary N) is 1. The molecule has 1 aromatic heterocycles. The molecule has 0 aliphatic carbocycles. The first-order valence-electron chi connectivity index (χ1n) is 5.41. The van der Waals surface area contributed by atoms with Gasteiger partial charge in [0.15, 0.2) is 0 Å². The molecule has 0 amide bonds. The number of rotatable bonds is 3. The Balaban J connectivity index is 2.59. The first-order valence-corrected chi connectivity index (χ1v) is 5.41. The third kappa shape index (κ3) is 2.26. The Morgan fingerprint density at radius 3 is 2.71 bits per heavy atom. The van der Waals surface area contributed by atoms with Crippen LogP contribution in [0.4, 0.5) is 0 Å². The molecule has 2 rings (SSSR count). The molecular formula is C13H15N3O. The maximum atomic E-state index is 5.65. The fourth-order valence-corrected chi connectivity index (χ4v) is 1.71. The van der Waals surface area contributed by atoms with Gasteiger partial charge in [0.2, 0.25) is 5.88 Å². The molecule has 0 atom stereocenters. The van der Waals surface area contributed by atoms with Crippen molar-refractivity contribution in [3.05, 3.63) is 41.7 Å². The number of methoxy groups -OCH3 is 1. The number of hydrogen-bond donors (Lipinski definition) is 1. The quantitative estimate of drug-likeness (QED) is 0.873. The summed E-state index contributed by atoms with van der Waals surface area (Å²) in [5.74, 6) is 0.532. The summed E-state index contributed by atoms with van der Waals surface area (Å²) in [7, 11) is 1.59. The molecule has 4 heteroatoms. The van der Waals surface area contributed by atoms with Gasteiger partial charge in [-0.15, -0.1) is 0 Å². The van der Waals surface area contributed by atoms with E-state index in [-0.39, 0.29) is 0 Å². The second-order valence-corrected chi connectivity index (χ2v) is 3.77. The highest BCUT2D eigenvalue weighted by atomic mass is 16.5. The molecule has 0 unspecified atom stereocenters. The van der Waals surface area contributed by atoms with Gasteiger partial charge < -0.3 is 10.5 Å². The number of nitrogens with zero attached hydrogens (tertiary/aromatic N) is 2. The standard InChI is InChI=1S/C13H15N3O/c1-9-3-4-10(8-14)7-11(9)12-13(17-2)16-6-5-15-12/h3-7H,8,14H2,1-2H3. The fraction of sp³-hybridized carbons (Fsp3) is 0.231. The fourth-order valence-electron chi connectivity index (χ4n) is 1.71. The zero-order chi connectivity index (χ0) is 12.3. The number of hydrogen-bond acceptors (Lipinski definition) is 4. The maximum Gasteiger partial charge on any atom is 0.240 e. The number of benzene rings is 1. The maximum absolute atomic E-state index is 5.65. The van der Waals surface area contributed by atoms with Crippen molar-refractivity contribution in [3.63, 3.8) is 0 Å². The first-order chi connectivity index (χ1) is 8.26. The van der Waals surface area contributed by atoms with Crippen LogP contribution in [0.25, 0.3) is 11.3 Å². The number of aryl methyl sites for hydroxylation is 1. The van der Waals surface area contributed by atoms with Crippen molar-refractivity contribution < 1.29 is 4.74 Å². The molecule has 2 aromatic rings. The summed E-state index contributed by atoms with van der Waals surface area (Å²) in [6, 6.07) is 6.08. The molecule has 0 spiro atoms. The lowest BCUT2D eigenvalue weighted by Crippen LogP contribution is -1.99. The molecule has 4 nitrogen and oxygen atoms in total. The minimum absolute atomic E-state index is 0.510. The molecule has 1 aromatic carbocycles. The molecular weight excluding hydrogens is 214 g/mol. The Bertz CT molecular complexity index is 526. The molecule has 88 valence electrons. The van der Waals surface area contributed by atoms with Gasteiger partial charge in [0.25, 0.3) is 0 Å². The summed E-state index contributed by atoms with van der Waals surface area (Å²) in [5, 5.41) is 0. The first kappa shape index (κ1) is 11.5. The summed E-state index contributed by atoms with van der Waals surface area (Å²) in [6.07, 6.45) is 3.27. The van der Waals surface area contributed by atoms with Crippen LogP contribution in [-0.4, -0.2) is 17.1 Å². The second kappa shape index (κ2) is 4.93. The van der Waals surface area contributed by atoms with Gasteiger partial charge in [-0.05, 0) is 24.1 Å². The minimum atomic E-state index is 0.510. The minimum Gasteiger partial charge on any atom is -0.479 e. The van der Waals surface area contributed by atoms with Crippen LogP contribution in [0.3, 0.4) is 0 Å². The molecule has 17 heavy (non-hydrogen) atoms. The molecule has 0 fully saturated rings. The zero-order valence-corrected chi connectivity index (χ0v) is 9.97. The molecule has 2 N–H and O–H groups in total. The molecule has 0 aliphatic heterocycles. The molecule has 0 saturated heterocycles. The SMILES string of the molecule is COc1nccnc1-c1cc(CN)ccc1C. The molecule has 0 radical (unpaired) electrons. The van der Waals surface area contributed by atoms with E-state index in [4.69, 9.17) is 10.5 Å². The van der Waals surface area contributed by atoms with Crippen LogP contribution in [0.5, 0.6) is 5.88 Å². The lowest BCUT2D eigenvalue weighted by molar-refractivity contribution is 0.397. The van der Waals surface area contributed by atoms with Crippen LogP contribution >= 0.6 is 0 Å². The highest BCUT2D eigenvalue weighted by Gasteiger charge is 2.11. The number of aromatic nitrogens is 2. The topological polar surface area (TPSA) is 61.0 Å². The predicted molar refractivity (Wildman–Crippen MR) is 66.6 cm³/mol. The Morgan fingerprint density at radius 1 is 1.24 bits per heavy atom. The highest BCUT2D eigenvalue weighted by molar-refractivity contribution is 5.68. The zero-order valence-electron chi connectivity index (χ0n) is 9.97. The smallest absolute Gasteiger partial charge is 0.240 e. The Morgan fingerprint density at radius 2 is 2.00 bits per heavy atom. The van der Waals surface area contributed by atoms with Crippen LogP contribution in [0.15, 0.2) is 30.6 Å². The average molecular weight is 229 g/mol. The van der Waals surface area contributed by atoms with Gasteiger partial charge in [0.05, 0.1) is 7.11 Å². The Hall–Kier alpha value is -1.94. The summed E-state index contributed by atoms with van der Waals surface area (Å²) < 4.78 is 5.22. The van der Waals surface area contributed by atoms with E-state index >= 15 is 0 Å². The summed E-state index contributed by atoms with van der Waals surface area (Å²) in [4.78, 5) is 8.48. The van der Waals surface area contributed by atoms with Gasteiger partial charge in [0.1, 0.15) is 5.69 Å². The van der Waals surface area contributed by atoms with E-state index in [1.807, 2.05) is 25.1 Å². The normalized spacial score (nSPS) is 10.3. The van der Waals surface area contributed by atoms with Gasteiger partial charge in [0, 0.05) is 24.5 Å². The van der Waals surface area contributed by atoms with E-state index in [2.05, 4.69) is 9.97 Å². The monoisotopic (exact) mass is 229 g/mol. The van der Waals surface area contributed by atoms with E-state index in [1.165, 1.54) is 0 Å². The number of ether oxygens (including phenoxy) is 1. The molecule has 1 heterocycles. The van der Waals surface area contributed by atoms with E-state index in [9.17, 15) is 0 Å². The van der Waals surface area contributed by atoms with Crippen molar-refractivity contribution >= 4 is 0 Å². The van der Waals surface area contributed by atoms with Crippen LogP contribution < -0.4 is 10.5 Å². The van der Waals surface area contributed by atoms with E-state index in [1.54, 1.807) is 19.5 Å². The van der Waals surface area contributed by atoms with Gasteiger partial charge in [-0.2, -0.15) is 0 Å². The summed E-state index contributed by atoms with van der Waals surface area (Å²) in [5.41, 5.74) is 9.61. The van der Waals surface area contributed by atoms with Crippen molar-refractivity contribution in [1.82, 2.24) is 9.97 Å². The predicted octanol–water partition coefficient (Wildman–Crippen LogP) is 1.92. The van der Waals surface area contributed by atoms with E-state index in [0.717, 1.165) is 22.4 Å². The van der Waals surface area contributed by atoms with Gasteiger partial charge >= 0.3 is 0 Å². The average Bonchev–Trinajstić information content (AvgIpc) is 2.39. The van der Waals surface area contributed by atoms with Gasteiger partial charge in [-0.1, -0.05) is 12.1 Å². The van der Waals surface area contributed by atoms with E-state index < -0.39 is 0 Å². The van der Waals surface area contributed by atoms with Crippen LogP contribution in [0, 0.1) is 6.92 Å². The van der Waals surface area contributed by atoms with Crippen molar-refractivity contribution in [2.75, 3.05) is 7.11 Å². The van der Waals surface area contributed by atoms with Gasteiger partial charge in [-0.25, -0.2) is 9.97 Å². The van der Waals surface area contributed by atoms with Crippen molar-refractivity contribution in [2.24, 2.45) is 5.73 Å². The van der Waals surface area contributed by atoms with Crippen LogP contribution in [0.1, 0.15) is 11.1 Å². The Kier molecular flexibility index (Phi) is 3.35. The highest BCUT2D eigenvalue weighted by Crippen LogP contribution is 2.28. The molecule has 0 saturated carbocycles. The third-order valence-electron chi connectivity index (χ3n) is 2.65. The molecule has 0 aliphatic rings.